The summed E-state index contributed by atoms with van der Waals surface area (Å²) in [6.45, 7) is 5.04. The molecule has 2 nitrogen and oxygen atoms in total. The predicted octanol–water partition coefficient (Wildman–Crippen LogP) is 2.24. The third kappa shape index (κ3) is 5.78. The van der Waals surface area contributed by atoms with Gasteiger partial charge in [-0.05, 0) is 44.5 Å². The first-order valence-electron chi connectivity index (χ1n) is 5.15. The van der Waals surface area contributed by atoms with Gasteiger partial charge in [-0.15, -0.1) is 0 Å². The third-order valence-corrected chi connectivity index (χ3v) is 2.27. The van der Waals surface area contributed by atoms with E-state index in [2.05, 4.69) is 11.4 Å². The lowest BCUT2D eigenvalue weighted by Gasteiger charge is -2.17. The number of benzene rings is 1. The predicted molar refractivity (Wildman–Crippen MR) is 64.3 cm³/mol. The lowest BCUT2D eigenvalue weighted by molar-refractivity contribution is 0.0801. The van der Waals surface area contributed by atoms with Gasteiger partial charge in [0, 0.05) is 11.6 Å². The smallest absolute Gasteiger partial charge is 0.0715 e. The zero-order valence-electron chi connectivity index (χ0n) is 9.26. The Bertz CT molecular complexity index is 307. The summed E-state index contributed by atoms with van der Waals surface area (Å²) < 4.78 is 0. The van der Waals surface area contributed by atoms with Gasteiger partial charge in [0.2, 0.25) is 0 Å². The van der Waals surface area contributed by atoms with E-state index in [1.165, 1.54) is 5.56 Å². The van der Waals surface area contributed by atoms with Crippen molar-refractivity contribution in [2.45, 2.75) is 25.9 Å². The fraction of sp³-hybridized carbons (Fsp3) is 0.500. The number of rotatable bonds is 5. The molecule has 0 aliphatic carbocycles. The van der Waals surface area contributed by atoms with Gasteiger partial charge >= 0.3 is 0 Å². The maximum Gasteiger partial charge on any atom is 0.0715 e. The van der Waals surface area contributed by atoms with Crippen molar-refractivity contribution >= 4 is 11.6 Å². The molecule has 0 bridgehead atoms. The van der Waals surface area contributed by atoms with E-state index in [0.29, 0.717) is 6.54 Å². The van der Waals surface area contributed by atoms with Gasteiger partial charge in [-0.25, -0.2) is 0 Å². The van der Waals surface area contributed by atoms with E-state index in [-0.39, 0.29) is 0 Å². The van der Waals surface area contributed by atoms with Gasteiger partial charge in [-0.1, -0.05) is 23.7 Å². The summed E-state index contributed by atoms with van der Waals surface area (Å²) in [7, 11) is 0. The molecule has 0 amide bonds. The van der Waals surface area contributed by atoms with E-state index in [0.717, 1.165) is 18.0 Å². The van der Waals surface area contributed by atoms with Crippen molar-refractivity contribution in [3.05, 3.63) is 34.9 Å². The minimum Gasteiger partial charge on any atom is -0.389 e. The average Bonchev–Trinajstić information content (AvgIpc) is 2.11. The molecule has 0 radical (unpaired) electrons. The van der Waals surface area contributed by atoms with Crippen LogP contribution in [-0.2, 0) is 6.42 Å². The molecule has 84 valence electrons. The van der Waals surface area contributed by atoms with Crippen LogP contribution in [0.5, 0.6) is 0 Å². The topological polar surface area (TPSA) is 32.3 Å². The average molecular weight is 228 g/mol. The van der Waals surface area contributed by atoms with Gasteiger partial charge in [0.1, 0.15) is 0 Å². The molecular weight excluding hydrogens is 210 g/mol. The van der Waals surface area contributed by atoms with Crippen molar-refractivity contribution in [1.29, 1.82) is 0 Å². The molecular formula is C12H18ClNO. The highest BCUT2D eigenvalue weighted by atomic mass is 35.5. The number of hydrogen-bond donors (Lipinski definition) is 2. The summed E-state index contributed by atoms with van der Waals surface area (Å²) in [5.74, 6) is 0. The Morgan fingerprint density at radius 2 is 2.13 bits per heavy atom. The van der Waals surface area contributed by atoms with Crippen LogP contribution in [0.1, 0.15) is 19.4 Å². The van der Waals surface area contributed by atoms with Crippen LogP contribution in [0, 0.1) is 0 Å². The fourth-order valence-electron chi connectivity index (χ4n) is 1.32. The first-order valence-corrected chi connectivity index (χ1v) is 5.53. The summed E-state index contributed by atoms with van der Waals surface area (Å²) in [5, 5.41) is 13.4. The lowest BCUT2D eigenvalue weighted by atomic mass is 10.1. The van der Waals surface area contributed by atoms with Gasteiger partial charge in [0.25, 0.3) is 0 Å². The van der Waals surface area contributed by atoms with E-state index < -0.39 is 5.60 Å². The second-order valence-corrected chi connectivity index (χ2v) is 4.81. The highest BCUT2D eigenvalue weighted by Crippen LogP contribution is 2.10. The number of hydrogen-bond acceptors (Lipinski definition) is 2. The number of nitrogens with one attached hydrogen (secondary N) is 1. The van der Waals surface area contributed by atoms with Gasteiger partial charge in [-0.3, -0.25) is 0 Å². The van der Waals surface area contributed by atoms with Crippen LogP contribution in [0.25, 0.3) is 0 Å². The Kier molecular flexibility index (Phi) is 4.58. The molecule has 0 heterocycles. The third-order valence-electron chi connectivity index (χ3n) is 2.04. The summed E-state index contributed by atoms with van der Waals surface area (Å²) in [4.78, 5) is 0. The first-order chi connectivity index (χ1) is 6.97. The van der Waals surface area contributed by atoms with Crippen LogP contribution in [0.3, 0.4) is 0 Å². The molecule has 0 atom stereocenters. The van der Waals surface area contributed by atoms with E-state index in [9.17, 15) is 5.11 Å². The van der Waals surface area contributed by atoms with Crippen molar-refractivity contribution < 1.29 is 5.11 Å². The Labute approximate surface area is 96.3 Å². The van der Waals surface area contributed by atoms with E-state index in [1.807, 2.05) is 18.2 Å². The van der Waals surface area contributed by atoms with Crippen molar-refractivity contribution in [3.8, 4) is 0 Å². The van der Waals surface area contributed by atoms with Crippen molar-refractivity contribution in [2.24, 2.45) is 0 Å². The Balaban J connectivity index is 2.26. The molecule has 1 rings (SSSR count). The van der Waals surface area contributed by atoms with Crippen molar-refractivity contribution in [1.82, 2.24) is 5.32 Å². The highest BCUT2D eigenvalue weighted by molar-refractivity contribution is 6.30. The molecule has 0 fully saturated rings. The molecule has 0 saturated carbocycles. The molecule has 2 N–H and O–H groups in total. The van der Waals surface area contributed by atoms with Crippen LogP contribution in [0.2, 0.25) is 5.02 Å². The van der Waals surface area contributed by atoms with E-state index in [4.69, 9.17) is 11.6 Å². The van der Waals surface area contributed by atoms with E-state index in [1.54, 1.807) is 13.8 Å². The number of halogens is 1. The lowest BCUT2D eigenvalue weighted by Crippen LogP contribution is -2.35. The van der Waals surface area contributed by atoms with Gasteiger partial charge < -0.3 is 10.4 Å². The summed E-state index contributed by atoms with van der Waals surface area (Å²) in [5.41, 5.74) is 0.569. The molecule has 0 unspecified atom stereocenters. The SMILES string of the molecule is CC(C)(O)CNCCc1cccc(Cl)c1. The molecule has 0 aromatic heterocycles. The largest absolute Gasteiger partial charge is 0.389 e. The van der Waals surface area contributed by atoms with Crippen LogP contribution in [0.4, 0.5) is 0 Å². The summed E-state index contributed by atoms with van der Waals surface area (Å²) in [6.07, 6.45) is 0.927. The van der Waals surface area contributed by atoms with Gasteiger partial charge in [0.15, 0.2) is 0 Å². The van der Waals surface area contributed by atoms with Crippen molar-refractivity contribution in [2.75, 3.05) is 13.1 Å². The maximum atomic E-state index is 9.48. The molecule has 0 spiro atoms. The summed E-state index contributed by atoms with van der Waals surface area (Å²) >= 11 is 5.87. The minimum absolute atomic E-state index is 0.605. The number of aliphatic hydroxyl groups is 1. The molecule has 0 aliphatic heterocycles. The Morgan fingerprint density at radius 1 is 1.40 bits per heavy atom. The zero-order chi connectivity index (χ0) is 11.3. The second-order valence-electron chi connectivity index (χ2n) is 4.37. The first kappa shape index (κ1) is 12.5. The van der Waals surface area contributed by atoms with Crippen LogP contribution < -0.4 is 5.32 Å². The standard InChI is InChI=1S/C12H18ClNO/c1-12(2,15)9-14-7-6-10-4-3-5-11(13)8-10/h3-5,8,14-15H,6-7,9H2,1-2H3. The molecule has 3 heteroatoms. The molecule has 0 saturated heterocycles. The maximum absolute atomic E-state index is 9.48. The Hall–Kier alpha value is -0.570. The normalized spacial score (nSPS) is 11.7. The highest BCUT2D eigenvalue weighted by Gasteiger charge is 2.10. The van der Waals surface area contributed by atoms with E-state index >= 15 is 0 Å². The fourth-order valence-corrected chi connectivity index (χ4v) is 1.53. The zero-order valence-corrected chi connectivity index (χ0v) is 10.0. The quantitative estimate of drug-likeness (QED) is 0.757. The van der Waals surface area contributed by atoms with Crippen LogP contribution >= 0.6 is 11.6 Å². The molecule has 0 aliphatic rings. The molecule has 1 aromatic rings. The van der Waals surface area contributed by atoms with Crippen LogP contribution in [0.15, 0.2) is 24.3 Å². The minimum atomic E-state index is -0.645. The Morgan fingerprint density at radius 3 is 2.73 bits per heavy atom. The van der Waals surface area contributed by atoms with Gasteiger partial charge in [-0.2, -0.15) is 0 Å². The molecule has 1 aromatic carbocycles. The van der Waals surface area contributed by atoms with Crippen LogP contribution in [-0.4, -0.2) is 23.8 Å². The monoisotopic (exact) mass is 227 g/mol. The second kappa shape index (κ2) is 5.50. The molecule has 15 heavy (non-hydrogen) atoms. The van der Waals surface area contributed by atoms with Crippen molar-refractivity contribution in [3.63, 3.8) is 0 Å². The van der Waals surface area contributed by atoms with Gasteiger partial charge in [0.05, 0.1) is 5.60 Å². The summed E-state index contributed by atoms with van der Waals surface area (Å²) in [6, 6.07) is 7.84.